The Hall–Kier alpha value is -0.603. The molecule has 0 heterocycles. The molecule has 0 saturated heterocycles. The van der Waals surface area contributed by atoms with Crippen molar-refractivity contribution in [2.45, 2.75) is 103 Å². The number of hydrogen-bond acceptors (Lipinski definition) is 2. The van der Waals surface area contributed by atoms with Crippen molar-refractivity contribution < 1.29 is 26.7 Å². The van der Waals surface area contributed by atoms with Crippen molar-refractivity contribution in [3.05, 3.63) is 29.1 Å². The third-order valence-corrected chi connectivity index (χ3v) is 10.4. The molecule has 0 bridgehead atoms. The number of halogens is 5. The summed E-state index contributed by atoms with van der Waals surface area (Å²) in [6.07, 6.45) is 11.4. The van der Waals surface area contributed by atoms with Crippen molar-refractivity contribution in [1.82, 2.24) is 0 Å². The monoisotopic (exact) mass is 512 g/mol. The molecule has 0 aliphatic carbocycles. The van der Waals surface area contributed by atoms with E-state index in [4.69, 9.17) is 4.74 Å². The lowest BCUT2D eigenvalue weighted by Crippen LogP contribution is -2.47. The minimum Gasteiger partial charge on any atom is -0.379 e. The summed E-state index contributed by atoms with van der Waals surface area (Å²) in [4.78, 5) is 0. The molecule has 0 radical (unpaired) electrons. The van der Waals surface area contributed by atoms with Gasteiger partial charge in [-0.3, -0.25) is 0 Å². The average molecular weight is 513 g/mol. The quantitative estimate of drug-likeness (QED) is 0.0642. The molecule has 1 aromatic carbocycles. The summed E-state index contributed by atoms with van der Waals surface area (Å²) in [6.45, 7) is 8.30. The number of thioether (sulfide) groups is 1. The first-order chi connectivity index (χ1) is 15.6. The topological polar surface area (TPSA) is 9.23 Å². The van der Waals surface area contributed by atoms with Crippen LogP contribution >= 0.6 is 11.8 Å². The van der Waals surface area contributed by atoms with Crippen LogP contribution in [0.3, 0.4) is 0 Å². The van der Waals surface area contributed by atoms with Crippen LogP contribution in [0.5, 0.6) is 0 Å². The second kappa shape index (κ2) is 16.1. The van der Waals surface area contributed by atoms with Gasteiger partial charge in [0.1, 0.15) is 0 Å². The fourth-order valence-corrected chi connectivity index (χ4v) is 7.64. The molecule has 0 spiro atoms. The van der Waals surface area contributed by atoms with Crippen molar-refractivity contribution in [1.29, 1.82) is 0 Å². The molecular weight excluding hydrogens is 471 g/mol. The van der Waals surface area contributed by atoms with E-state index in [1.165, 1.54) is 37.9 Å². The molecule has 33 heavy (non-hydrogen) atoms. The summed E-state index contributed by atoms with van der Waals surface area (Å²) in [5, 5.41) is -0.569. The molecule has 0 fully saturated rings. The highest BCUT2D eigenvalue weighted by Crippen LogP contribution is 2.24. The molecule has 0 N–H and O–H groups in total. The third kappa shape index (κ3) is 11.1. The van der Waals surface area contributed by atoms with Crippen molar-refractivity contribution in [3.8, 4) is 0 Å². The van der Waals surface area contributed by atoms with Crippen LogP contribution in [0.1, 0.15) is 78.1 Å². The van der Waals surface area contributed by atoms with E-state index in [9.17, 15) is 22.0 Å². The fraction of sp³-hybridized carbons (Fsp3) is 0.760. The number of ether oxygens (including phenoxy) is 1. The Balaban J connectivity index is 2.10. The molecule has 1 nitrogen and oxygen atoms in total. The summed E-state index contributed by atoms with van der Waals surface area (Å²) >= 11 is 2.00. The highest BCUT2D eigenvalue weighted by atomic mass is 32.2. The highest BCUT2D eigenvalue weighted by molar-refractivity contribution is 7.99. The standard InChI is InChI=1S/C25H41F5OSSi/c1-19(2)31-15-14-17-32-16-12-10-8-6-5-7-9-11-13-18-33(3,4)25-23(29)21(27)20(26)22(28)24(25)30/h19H,5-18H2,1-4H3. The van der Waals surface area contributed by atoms with Crippen LogP contribution in [0.25, 0.3) is 0 Å². The maximum atomic E-state index is 14.1. The van der Waals surface area contributed by atoms with E-state index >= 15 is 0 Å². The zero-order valence-electron chi connectivity index (χ0n) is 20.7. The van der Waals surface area contributed by atoms with E-state index < -0.39 is 42.3 Å². The molecule has 0 amide bonds. The van der Waals surface area contributed by atoms with E-state index in [2.05, 4.69) is 13.8 Å². The van der Waals surface area contributed by atoms with Crippen molar-refractivity contribution >= 4 is 25.0 Å². The summed E-state index contributed by atoms with van der Waals surface area (Å²) in [7, 11) is -2.77. The predicted molar refractivity (Wildman–Crippen MR) is 133 cm³/mol. The van der Waals surface area contributed by atoms with Gasteiger partial charge in [-0.15, -0.1) is 0 Å². The van der Waals surface area contributed by atoms with Gasteiger partial charge in [0.2, 0.25) is 5.82 Å². The van der Waals surface area contributed by atoms with Crippen LogP contribution in [-0.2, 0) is 4.74 Å². The third-order valence-electron chi connectivity index (χ3n) is 5.86. The summed E-state index contributed by atoms with van der Waals surface area (Å²) < 4.78 is 74.1. The van der Waals surface area contributed by atoms with E-state index in [1.807, 2.05) is 11.8 Å². The molecule has 192 valence electrons. The second-order valence-electron chi connectivity index (χ2n) is 9.65. The van der Waals surface area contributed by atoms with Gasteiger partial charge in [-0.2, -0.15) is 11.8 Å². The zero-order chi connectivity index (χ0) is 24.9. The van der Waals surface area contributed by atoms with E-state index in [-0.39, 0.29) is 0 Å². The largest absolute Gasteiger partial charge is 0.379 e. The molecule has 0 aliphatic rings. The van der Waals surface area contributed by atoms with Gasteiger partial charge in [-0.25, -0.2) is 22.0 Å². The van der Waals surface area contributed by atoms with Crippen LogP contribution in [0, 0.1) is 29.1 Å². The summed E-state index contributed by atoms with van der Waals surface area (Å²) in [6, 6.07) is 0.507. The number of unbranched alkanes of at least 4 members (excludes halogenated alkanes) is 8. The Morgan fingerprint density at radius 3 is 1.58 bits per heavy atom. The minimum atomic E-state index is -2.77. The Morgan fingerprint density at radius 2 is 1.06 bits per heavy atom. The van der Waals surface area contributed by atoms with Crippen LogP contribution in [-0.4, -0.2) is 32.3 Å². The van der Waals surface area contributed by atoms with E-state index in [1.54, 1.807) is 13.1 Å². The first-order valence-electron chi connectivity index (χ1n) is 12.3. The molecular formula is C25H41F5OSSi. The molecule has 1 aromatic rings. The number of hydrogen-bond donors (Lipinski definition) is 0. The van der Waals surface area contributed by atoms with Crippen LogP contribution in [0.15, 0.2) is 0 Å². The summed E-state index contributed by atoms with van der Waals surface area (Å²) in [5.74, 6) is -6.67. The Kier molecular flexibility index (Phi) is 14.9. The average Bonchev–Trinajstić information content (AvgIpc) is 2.75. The first kappa shape index (κ1) is 30.4. The normalized spacial score (nSPS) is 12.2. The second-order valence-corrected chi connectivity index (χ2v) is 15.6. The van der Waals surface area contributed by atoms with Crippen molar-refractivity contribution in [3.63, 3.8) is 0 Å². The predicted octanol–water partition coefficient (Wildman–Crippen LogP) is 8.36. The van der Waals surface area contributed by atoms with Gasteiger partial charge in [0.25, 0.3) is 0 Å². The fourth-order valence-electron chi connectivity index (χ4n) is 3.91. The highest BCUT2D eigenvalue weighted by Gasteiger charge is 2.35. The number of rotatable bonds is 18. The molecule has 8 heteroatoms. The minimum absolute atomic E-state index is 0.316. The van der Waals surface area contributed by atoms with Crippen LogP contribution < -0.4 is 5.19 Å². The molecule has 1 rings (SSSR count). The van der Waals surface area contributed by atoms with Crippen molar-refractivity contribution in [2.24, 2.45) is 0 Å². The van der Waals surface area contributed by atoms with Gasteiger partial charge in [-0.05, 0) is 38.2 Å². The van der Waals surface area contributed by atoms with Crippen LogP contribution in [0.2, 0.25) is 19.1 Å². The Bertz CT molecular complexity index is 671. The smallest absolute Gasteiger partial charge is 0.200 e. The Labute approximate surface area is 202 Å². The van der Waals surface area contributed by atoms with E-state index in [0.29, 0.717) is 12.1 Å². The molecule has 0 aromatic heterocycles. The summed E-state index contributed by atoms with van der Waals surface area (Å²) in [5.41, 5.74) is 0. The van der Waals surface area contributed by atoms with Gasteiger partial charge in [0.05, 0.1) is 14.2 Å². The SMILES string of the molecule is CC(C)OCCCSCCCCCCCCCCC[Si](C)(C)c1c(F)c(F)c(F)c(F)c1F. The van der Waals surface area contributed by atoms with Gasteiger partial charge >= 0.3 is 0 Å². The van der Waals surface area contributed by atoms with Crippen molar-refractivity contribution in [2.75, 3.05) is 18.1 Å². The molecule has 0 saturated carbocycles. The maximum Gasteiger partial charge on any atom is 0.200 e. The first-order valence-corrected chi connectivity index (χ1v) is 16.7. The lowest BCUT2D eigenvalue weighted by atomic mass is 10.1. The lowest BCUT2D eigenvalue weighted by molar-refractivity contribution is 0.0800. The lowest BCUT2D eigenvalue weighted by Gasteiger charge is -2.24. The molecule has 0 unspecified atom stereocenters. The van der Waals surface area contributed by atoms with Gasteiger partial charge in [-0.1, -0.05) is 70.5 Å². The zero-order valence-corrected chi connectivity index (χ0v) is 22.5. The number of benzene rings is 1. The Morgan fingerprint density at radius 1 is 0.636 bits per heavy atom. The molecule has 0 atom stereocenters. The van der Waals surface area contributed by atoms with Gasteiger partial charge in [0, 0.05) is 11.8 Å². The van der Waals surface area contributed by atoms with E-state index in [0.717, 1.165) is 44.5 Å². The van der Waals surface area contributed by atoms with Gasteiger partial charge in [0.15, 0.2) is 23.3 Å². The van der Waals surface area contributed by atoms with Crippen LogP contribution in [0.4, 0.5) is 22.0 Å². The van der Waals surface area contributed by atoms with Gasteiger partial charge < -0.3 is 4.74 Å². The maximum absolute atomic E-state index is 14.1. The molecule has 0 aliphatic heterocycles.